The number of anilines is 1. The van der Waals surface area contributed by atoms with Gasteiger partial charge in [0, 0.05) is 28.3 Å². The Morgan fingerprint density at radius 2 is 1.82 bits per heavy atom. The van der Waals surface area contributed by atoms with Crippen LogP contribution in [0.1, 0.15) is 11.1 Å². The fourth-order valence-electron chi connectivity index (χ4n) is 2.99. The third kappa shape index (κ3) is 4.02. The number of halogens is 1. The van der Waals surface area contributed by atoms with Crippen molar-refractivity contribution in [2.75, 3.05) is 19.2 Å². The van der Waals surface area contributed by atoms with Crippen LogP contribution in [0.25, 0.3) is 0 Å². The molecule has 0 atom stereocenters. The Kier molecular flexibility index (Phi) is 5.58. The highest BCUT2D eigenvalue weighted by atomic mass is 79.9. The van der Waals surface area contributed by atoms with Crippen LogP contribution in [0.3, 0.4) is 0 Å². The standard InChI is InChI=1S/C22H20BrNO4/c1-25-20-10-8-18(23)17(22(20)26-13-15-5-3-2-4-6-15)12-24-16-7-9-19-21(11-16)28-14-27-19/h2-11,24H,12-14H2,1H3. The van der Waals surface area contributed by atoms with Crippen LogP contribution in [0.4, 0.5) is 5.69 Å². The van der Waals surface area contributed by atoms with Crippen molar-refractivity contribution < 1.29 is 18.9 Å². The minimum atomic E-state index is 0.262. The van der Waals surface area contributed by atoms with Gasteiger partial charge in [0.1, 0.15) is 6.61 Å². The smallest absolute Gasteiger partial charge is 0.231 e. The number of ether oxygens (including phenoxy) is 4. The Morgan fingerprint density at radius 1 is 1.00 bits per heavy atom. The molecule has 1 heterocycles. The first kappa shape index (κ1) is 18.5. The van der Waals surface area contributed by atoms with Gasteiger partial charge in [-0.25, -0.2) is 0 Å². The molecule has 0 bridgehead atoms. The lowest BCUT2D eigenvalue weighted by molar-refractivity contribution is 0.174. The molecule has 0 amide bonds. The molecule has 0 fully saturated rings. The first-order valence-corrected chi connectivity index (χ1v) is 9.69. The first-order valence-electron chi connectivity index (χ1n) is 8.90. The molecule has 3 aromatic rings. The van der Waals surface area contributed by atoms with Crippen molar-refractivity contribution in [3.63, 3.8) is 0 Å². The highest BCUT2D eigenvalue weighted by Crippen LogP contribution is 2.38. The molecule has 4 rings (SSSR count). The average molecular weight is 442 g/mol. The summed E-state index contributed by atoms with van der Waals surface area (Å²) in [5.41, 5.74) is 3.01. The van der Waals surface area contributed by atoms with Crippen LogP contribution in [-0.4, -0.2) is 13.9 Å². The van der Waals surface area contributed by atoms with Gasteiger partial charge < -0.3 is 24.3 Å². The van der Waals surface area contributed by atoms with Gasteiger partial charge in [-0.2, -0.15) is 0 Å². The predicted octanol–water partition coefficient (Wildman–Crippen LogP) is 5.38. The molecule has 5 nitrogen and oxygen atoms in total. The molecule has 1 aliphatic heterocycles. The fraction of sp³-hybridized carbons (Fsp3) is 0.182. The van der Waals surface area contributed by atoms with Crippen molar-refractivity contribution in [1.29, 1.82) is 0 Å². The van der Waals surface area contributed by atoms with E-state index in [0.29, 0.717) is 24.7 Å². The summed E-state index contributed by atoms with van der Waals surface area (Å²) >= 11 is 3.64. The maximum absolute atomic E-state index is 6.15. The molecule has 144 valence electrons. The number of methoxy groups -OCH3 is 1. The van der Waals surface area contributed by atoms with Gasteiger partial charge in [0.05, 0.1) is 7.11 Å². The van der Waals surface area contributed by atoms with E-state index >= 15 is 0 Å². The van der Waals surface area contributed by atoms with E-state index in [1.54, 1.807) is 7.11 Å². The Morgan fingerprint density at radius 3 is 2.64 bits per heavy atom. The zero-order chi connectivity index (χ0) is 19.3. The van der Waals surface area contributed by atoms with Gasteiger partial charge >= 0.3 is 0 Å². The Labute approximate surface area is 172 Å². The molecule has 0 saturated heterocycles. The molecule has 1 N–H and O–H groups in total. The molecule has 0 spiro atoms. The van der Waals surface area contributed by atoms with Crippen molar-refractivity contribution in [2.45, 2.75) is 13.2 Å². The number of nitrogens with one attached hydrogen (secondary N) is 1. The summed E-state index contributed by atoms with van der Waals surface area (Å²) in [7, 11) is 1.65. The molecule has 3 aromatic carbocycles. The van der Waals surface area contributed by atoms with Crippen molar-refractivity contribution in [2.24, 2.45) is 0 Å². The van der Waals surface area contributed by atoms with Crippen LogP contribution in [0.5, 0.6) is 23.0 Å². The summed E-state index contributed by atoms with van der Waals surface area (Å²) in [6.45, 7) is 1.28. The first-order chi connectivity index (χ1) is 13.7. The summed E-state index contributed by atoms with van der Waals surface area (Å²) < 4.78 is 23.4. The van der Waals surface area contributed by atoms with Crippen LogP contribution in [0, 0.1) is 0 Å². The zero-order valence-corrected chi connectivity index (χ0v) is 17.0. The van der Waals surface area contributed by atoms with Crippen LogP contribution < -0.4 is 24.3 Å². The van der Waals surface area contributed by atoms with Crippen LogP contribution in [0.15, 0.2) is 65.1 Å². The van der Waals surface area contributed by atoms with E-state index < -0.39 is 0 Å². The Hall–Kier alpha value is -2.86. The molecule has 0 aliphatic carbocycles. The van der Waals surface area contributed by atoms with Crippen LogP contribution in [0.2, 0.25) is 0 Å². The largest absolute Gasteiger partial charge is 0.493 e. The number of hydrogen-bond acceptors (Lipinski definition) is 5. The summed E-state index contributed by atoms with van der Waals surface area (Å²) in [5, 5.41) is 3.42. The lowest BCUT2D eigenvalue weighted by Gasteiger charge is -2.18. The predicted molar refractivity (Wildman–Crippen MR) is 111 cm³/mol. The third-order valence-electron chi connectivity index (χ3n) is 4.45. The van der Waals surface area contributed by atoms with Gasteiger partial charge in [-0.1, -0.05) is 46.3 Å². The van der Waals surface area contributed by atoms with Crippen molar-refractivity contribution in [1.82, 2.24) is 0 Å². The Balaban J connectivity index is 1.55. The lowest BCUT2D eigenvalue weighted by Crippen LogP contribution is -2.06. The van der Waals surface area contributed by atoms with E-state index in [1.807, 2.05) is 60.7 Å². The van der Waals surface area contributed by atoms with Gasteiger partial charge in [0.15, 0.2) is 23.0 Å². The monoisotopic (exact) mass is 441 g/mol. The fourth-order valence-corrected chi connectivity index (χ4v) is 3.45. The van der Waals surface area contributed by atoms with Gasteiger partial charge in [-0.05, 0) is 29.8 Å². The molecule has 0 unspecified atom stereocenters. The number of benzene rings is 3. The molecule has 0 radical (unpaired) electrons. The van der Waals surface area contributed by atoms with E-state index in [2.05, 4.69) is 21.2 Å². The lowest BCUT2D eigenvalue weighted by atomic mass is 10.1. The average Bonchev–Trinajstić information content (AvgIpc) is 3.20. The highest BCUT2D eigenvalue weighted by molar-refractivity contribution is 9.10. The second-order valence-corrected chi connectivity index (χ2v) is 7.11. The normalized spacial score (nSPS) is 11.9. The highest BCUT2D eigenvalue weighted by Gasteiger charge is 2.16. The summed E-state index contributed by atoms with van der Waals surface area (Å²) in [5.74, 6) is 2.92. The van der Waals surface area contributed by atoms with E-state index in [9.17, 15) is 0 Å². The SMILES string of the molecule is COc1ccc(Br)c(CNc2ccc3c(c2)OCO3)c1OCc1ccccc1. The minimum Gasteiger partial charge on any atom is -0.493 e. The molecule has 28 heavy (non-hydrogen) atoms. The van der Waals surface area contributed by atoms with Crippen molar-refractivity contribution in [3.05, 3.63) is 76.3 Å². The van der Waals surface area contributed by atoms with Crippen LogP contribution in [-0.2, 0) is 13.2 Å². The van der Waals surface area contributed by atoms with Gasteiger partial charge in [0.25, 0.3) is 0 Å². The number of fused-ring (bicyclic) bond motifs is 1. The second kappa shape index (κ2) is 8.44. The van der Waals surface area contributed by atoms with E-state index in [0.717, 1.165) is 32.8 Å². The van der Waals surface area contributed by atoms with Gasteiger partial charge in [-0.3, -0.25) is 0 Å². The quantitative estimate of drug-likeness (QED) is 0.533. The Bertz CT molecular complexity index is 962. The maximum atomic E-state index is 6.15. The number of hydrogen-bond donors (Lipinski definition) is 1. The molecule has 6 heteroatoms. The minimum absolute atomic E-state index is 0.262. The molecule has 1 aliphatic rings. The van der Waals surface area contributed by atoms with Crippen LogP contribution >= 0.6 is 15.9 Å². The van der Waals surface area contributed by atoms with Gasteiger partial charge in [-0.15, -0.1) is 0 Å². The molecular formula is C22H20BrNO4. The summed E-state index contributed by atoms with van der Waals surface area (Å²) in [4.78, 5) is 0. The topological polar surface area (TPSA) is 49.0 Å². The zero-order valence-electron chi connectivity index (χ0n) is 15.4. The maximum Gasteiger partial charge on any atom is 0.231 e. The molecular weight excluding hydrogens is 422 g/mol. The van der Waals surface area contributed by atoms with E-state index in [-0.39, 0.29) is 6.79 Å². The summed E-state index contributed by atoms with van der Waals surface area (Å²) in [6.07, 6.45) is 0. The molecule has 0 saturated carbocycles. The third-order valence-corrected chi connectivity index (χ3v) is 5.20. The van der Waals surface area contributed by atoms with Gasteiger partial charge in [0.2, 0.25) is 6.79 Å². The second-order valence-electron chi connectivity index (χ2n) is 6.25. The van der Waals surface area contributed by atoms with E-state index in [1.165, 1.54) is 0 Å². The molecule has 0 aromatic heterocycles. The number of rotatable bonds is 7. The summed E-state index contributed by atoms with van der Waals surface area (Å²) in [6, 6.07) is 19.7. The van der Waals surface area contributed by atoms with Crippen molar-refractivity contribution in [3.8, 4) is 23.0 Å². The van der Waals surface area contributed by atoms with E-state index in [4.69, 9.17) is 18.9 Å². The van der Waals surface area contributed by atoms with Crippen molar-refractivity contribution >= 4 is 21.6 Å².